The molecule has 2 aromatic rings. The molecule has 0 radical (unpaired) electrons. The number of ether oxygens (including phenoxy) is 1. The third-order valence-electron chi connectivity index (χ3n) is 4.51. The zero-order valence-electron chi connectivity index (χ0n) is 15.8. The van der Waals surface area contributed by atoms with Gasteiger partial charge in [0.25, 0.3) is 11.8 Å². The maximum absolute atomic E-state index is 12.8. The van der Waals surface area contributed by atoms with Gasteiger partial charge in [-0.3, -0.25) is 9.59 Å². The van der Waals surface area contributed by atoms with E-state index < -0.39 is 0 Å². The lowest BCUT2D eigenvalue weighted by Gasteiger charge is -2.26. The number of likely N-dealkylation sites (N-methyl/N-ethyl adjacent to an activating group) is 1. The van der Waals surface area contributed by atoms with Crippen LogP contribution >= 0.6 is 0 Å². The quantitative estimate of drug-likeness (QED) is 0.819. The Hall–Kier alpha value is -2.87. The summed E-state index contributed by atoms with van der Waals surface area (Å²) in [6, 6.07) is 6.98. The Labute approximate surface area is 158 Å². The lowest BCUT2D eigenvalue weighted by molar-refractivity contribution is 0.0726. The number of rotatable bonds is 6. The average molecular weight is 372 g/mol. The molecule has 2 heterocycles. The van der Waals surface area contributed by atoms with Crippen LogP contribution in [0.4, 0.5) is 0 Å². The molecule has 3 rings (SSSR count). The topological polar surface area (TPSA) is 87.9 Å². The third-order valence-corrected chi connectivity index (χ3v) is 4.51. The Morgan fingerprint density at radius 2 is 2.04 bits per heavy atom. The lowest BCUT2D eigenvalue weighted by atomic mass is 10.0. The molecule has 0 bridgehead atoms. The molecule has 1 aliphatic heterocycles. The standard InChI is InChI=1S/C19H24N4O4/c1-22(2)11-9-20-18(24)17-15-12-23(10-8-16(15)27-21-17)19(25)13-4-6-14(26-3)7-5-13/h4-7H,8-12H2,1-3H3,(H,20,24). The van der Waals surface area contributed by atoms with E-state index in [0.29, 0.717) is 48.7 Å². The van der Waals surface area contributed by atoms with Crippen molar-refractivity contribution >= 4 is 11.8 Å². The van der Waals surface area contributed by atoms with Gasteiger partial charge in [-0.15, -0.1) is 0 Å². The Bertz CT molecular complexity index is 814. The fourth-order valence-electron chi connectivity index (χ4n) is 2.95. The molecule has 8 nitrogen and oxygen atoms in total. The van der Waals surface area contributed by atoms with Crippen LogP contribution in [0.2, 0.25) is 0 Å². The van der Waals surface area contributed by atoms with E-state index in [9.17, 15) is 9.59 Å². The van der Waals surface area contributed by atoms with Gasteiger partial charge in [0, 0.05) is 37.2 Å². The van der Waals surface area contributed by atoms with Crippen LogP contribution in [0.15, 0.2) is 28.8 Å². The van der Waals surface area contributed by atoms with Crippen molar-refractivity contribution in [3.63, 3.8) is 0 Å². The van der Waals surface area contributed by atoms with Gasteiger partial charge in [0.15, 0.2) is 5.69 Å². The van der Waals surface area contributed by atoms with E-state index in [4.69, 9.17) is 9.26 Å². The van der Waals surface area contributed by atoms with Crippen molar-refractivity contribution in [2.45, 2.75) is 13.0 Å². The van der Waals surface area contributed by atoms with Gasteiger partial charge in [0.05, 0.1) is 13.7 Å². The molecule has 8 heteroatoms. The first kappa shape index (κ1) is 18.9. The smallest absolute Gasteiger partial charge is 0.273 e. The maximum atomic E-state index is 12.8. The molecule has 0 saturated heterocycles. The summed E-state index contributed by atoms with van der Waals surface area (Å²) in [5.74, 6) is 0.999. The molecule has 2 amide bonds. The molecular formula is C19H24N4O4. The number of fused-ring (bicyclic) bond motifs is 1. The Morgan fingerprint density at radius 1 is 1.30 bits per heavy atom. The van der Waals surface area contributed by atoms with Crippen LogP contribution in [0.1, 0.15) is 32.2 Å². The summed E-state index contributed by atoms with van der Waals surface area (Å²) in [4.78, 5) is 28.9. The molecule has 1 aliphatic rings. The van der Waals surface area contributed by atoms with Crippen molar-refractivity contribution in [2.75, 3.05) is 40.8 Å². The van der Waals surface area contributed by atoms with Crippen molar-refractivity contribution in [1.82, 2.24) is 20.3 Å². The van der Waals surface area contributed by atoms with Crippen LogP contribution in [0.5, 0.6) is 5.75 Å². The number of nitrogens with zero attached hydrogens (tertiary/aromatic N) is 3. The molecule has 0 aliphatic carbocycles. The minimum Gasteiger partial charge on any atom is -0.497 e. The summed E-state index contributed by atoms with van der Waals surface area (Å²) in [6.45, 7) is 2.07. The van der Waals surface area contributed by atoms with Gasteiger partial charge in [0.2, 0.25) is 0 Å². The van der Waals surface area contributed by atoms with Gasteiger partial charge < -0.3 is 24.4 Å². The summed E-state index contributed by atoms with van der Waals surface area (Å²) in [5, 5.41) is 6.76. The number of hydrogen-bond donors (Lipinski definition) is 1. The third kappa shape index (κ3) is 4.28. The van der Waals surface area contributed by atoms with Gasteiger partial charge in [-0.2, -0.15) is 0 Å². The number of hydrogen-bond acceptors (Lipinski definition) is 6. The first-order valence-corrected chi connectivity index (χ1v) is 8.83. The maximum Gasteiger partial charge on any atom is 0.273 e. The number of methoxy groups -OCH3 is 1. The van der Waals surface area contributed by atoms with E-state index in [1.54, 1.807) is 36.3 Å². The molecule has 1 aromatic heterocycles. The van der Waals surface area contributed by atoms with E-state index >= 15 is 0 Å². The first-order valence-electron chi connectivity index (χ1n) is 8.83. The van der Waals surface area contributed by atoms with Crippen molar-refractivity contribution < 1.29 is 18.8 Å². The summed E-state index contributed by atoms with van der Waals surface area (Å²) < 4.78 is 10.5. The Balaban J connectivity index is 1.70. The second-order valence-corrected chi connectivity index (χ2v) is 6.70. The minimum atomic E-state index is -0.277. The van der Waals surface area contributed by atoms with Gasteiger partial charge in [-0.1, -0.05) is 5.16 Å². The monoisotopic (exact) mass is 372 g/mol. The Kier molecular flexibility index (Phi) is 5.75. The molecule has 1 aromatic carbocycles. The molecule has 0 spiro atoms. The SMILES string of the molecule is COc1ccc(C(=O)N2CCc3onc(C(=O)NCCN(C)C)c3C2)cc1. The second-order valence-electron chi connectivity index (χ2n) is 6.70. The molecule has 0 saturated carbocycles. The summed E-state index contributed by atoms with van der Waals surface area (Å²) in [5.41, 5.74) is 1.52. The molecule has 0 unspecified atom stereocenters. The van der Waals surface area contributed by atoms with Crippen molar-refractivity contribution in [3.05, 3.63) is 46.8 Å². The van der Waals surface area contributed by atoms with E-state index in [-0.39, 0.29) is 17.5 Å². The highest BCUT2D eigenvalue weighted by atomic mass is 16.5. The highest BCUT2D eigenvalue weighted by Gasteiger charge is 2.30. The summed E-state index contributed by atoms with van der Waals surface area (Å²) in [6.07, 6.45) is 0.537. The van der Waals surface area contributed by atoms with E-state index in [1.807, 2.05) is 19.0 Å². The normalized spacial score (nSPS) is 13.4. The highest BCUT2D eigenvalue weighted by molar-refractivity contribution is 5.96. The van der Waals surface area contributed by atoms with Crippen LogP contribution in [0.25, 0.3) is 0 Å². The van der Waals surface area contributed by atoms with Crippen LogP contribution in [0.3, 0.4) is 0 Å². The van der Waals surface area contributed by atoms with Crippen LogP contribution < -0.4 is 10.1 Å². The van der Waals surface area contributed by atoms with Crippen LogP contribution in [-0.2, 0) is 13.0 Å². The number of aromatic nitrogens is 1. The average Bonchev–Trinajstić information content (AvgIpc) is 3.10. The lowest BCUT2D eigenvalue weighted by Crippen LogP contribution is -2.37. The van der Waals surface area contributed by atoms with Crippen molar-refractivity contribution in [2.24, 2.45) is 0 Å². The zero-order valence-corrected chi connectivity index (χ0v) is 15.8. The molecule has 27 heavy (non-hydrogen) atoms. The minimum absolute atomic E-state index is 0.0940. The number of nitrogens with one attached hydrogen (secondary N) is 1. The van der Waals surface area contributed by atoms with Crippen LogP contribution in [-0.4, -0.2) is 67.6 Å². The van der Waals surface area contributed by atoms with Gasteiger partial charge >= 0.3 is 0 Å². The second kappa shape index (κ2) is 8.22. The fourth-order valence-corrected chi connectivity index (χ4v) is 2.95. The van der Waals surface area contributed by atoms with Gasteiger partial charge in [-0.05, 0) is 38.4 Å². The highest BCUT2D eigenvalue weighted by Crippen LogP contribution is 2.24. The van der Waals surface area contributed by atoms with Gasteiger partial charge in [-0.25, -0.2) is 0 Å². The van der Waals surface area contributed by atoms with Crippen LogP contribution in [0, 0.1) is 0 Å². The summed E-state index contributed by atoms with van der Waals surface area (Å²) >= 11 is 0. The van der Waals surface area contributed by atoms with E-state index in [0.717, 1.165) is 6.54 Å². The molecule has 1 N–H and O–H groups in total. The van der Waals surface area contributed by atoms with Crippen molar-refractivity contribution in [1.29, 1.82) is 0 Å². The number of carbonyl (C=O) groups is 2. The molecule has 0 fully saturated rings. The van der Waals surface area contributed by atoms with E-state index in [2.05, 4.69) is 10.5 Å². The summed E-state index contributed by atoms with van der Waals surface area (Å²) in [7, 11) is 5.46. The zero-order chi connectivity index (χ0) is 19.4. The largest absolute Gasteiger partial charge is 0.497 e. The predicted molar refractivity (Wildman–Crippen MR) is 98.8 cm³/mol. The molecular weight excluding hydrogens is 348 g/mol. The number of carbonyl (C=O) groups excluding carboxylic acids is 2. The molecule has 0 atom stereocenters. The number of benzene rings is 1. The Morgan fingerprint density at radius 3 is 2.70 bits per heavy atom. The molecule has 144 valence electrons. The van der Waals surface area contributed by atoms with Gasteiger partial charge in [0.1, 0.15) is 11.5 Å². The number of amides is 2. The van der Waals surface area contributed by atoms with Crippen molar-refractivity contribution in [3.8, 4) is 5.75 Å². The first-order chi connectivity index (χ1) is 13.0. The fraction of sp³-hybridized carbons (Fsp3) is 0.421. The van der Waals surface area contributed by atoms with E-state index in [1.165, 1.54) is 0 Å². The predicted octanol–water partition coefficient (Wildman–Crippen LogP) is 1.17.